The number of nitrogens with zero attached hydrogens (tertiary/aromatic N) is 2. The Hall–Kier alpha value is -3.21. The summed E-state index contributed by atoms with van der Waals surface area (Å²) in [7, 11) is 0. The Labute approximate surface area is 189 Å². The lowest BCUT2D eigenvalue weighted by Crippen LogP contribution is -2.31. The van der Waals surface area contributed by atoms with E-state index in [1.165, 1.54) is 11.3 Å². The van der Waals surface area contributed by atoms with Crippen LogP contribution >= 0.6 is 22.9 Å². The molecule has 0 fully saturated rings. The maximum atomic E-state index is 13.6. The van der Waals surface area contributed by atoms with Crippen LogP contribution in [0.4, 0.5) is 5.13 Å². The van der Waals surface area contributed by atoms with Gasteiger partial charge in [-0.1, -0.05) is 102 Å². The molecule has 1 aromatic heterocycles. The maximum absolute atomic E-state index is 13.6. The van der Waals surface area contributed by atoms with E-state index in [2.05, 4.69) is 18.2 Å². The van der Waals surface area contributed by atoms with Gasteiger partial charge in [-0.15, -0.1) is 0 Å². The minimum absolute atomic E-state index is 0.00962. The quantitative estimate of drug-likeness (QED) is 0.297. The third-order valence-electron chi connectivity index (χ3n) is 5.30. The minimum Gasteiger partial charge on any atom is -0.283 e. The number of rotatable bonds is 5. The summed E-state index contributed by atoms with van der Waals surface area (Å²) in [6.07, 6.45) is 0.303. The number of para-hydroxylation sites is 1. The predicted octanol–water partition coefficient (Wildman–Crippen LogP) is 6.88. The number of amides is 1. The number of anilines is 1. The highest BCUT2D eigenvalue weighted by Crippen LogP contribution is 2.34. The Kier molecular flexibility index (Phi) is 5.41. The summed E-state index contributed by atoms with van der Waals surface area (Å²) in [6, 6.07) is 30.0. The lowest BCUT2D eigenvalue weighted by molar-refractivity contribution is -0.118. The van der Waals surface area contributed by atoms with Crippen LogP contribution in [0.3, 0.4) is 0 Å². The van der Waals surface area contributed by atoms with Crippen molar-refractivity contribution in [3.05, 3.63) is 107 Å². The molecule has 0 aliphatic rings. The zero-order valence-electron chi connectivity index (χ0n) is 16.7. The van der Waals surface area contributed by atoms with Gasteiger partial charge in [-0.25, -0.2) is 4.98 Å². The number of halogens is 1. The highest BCUT2D eigenvalue weighted by molar-refractivity contribution is 7.22. The maximum Gasteiger partial charge on any atom is 0.233 e. The van der Waals surface area contributed by atoms with Crippen molar-refractivity contribution in [1.82, 2.24) is 4.98 Å². The van der Waals surface area contributed by atoms with E-state index in [-0.39, 0.29) is 5.91 Å². The van der Waals surface area contributed by atoms with Crippen LogP contribution in [0, 0.1) is 0 Å². The van der Waals surface area contributed by atoms with Gasteiger partial charge in [0.15, 0.2) is 5.13 Å². The zero-order chi connectivity index (χ0) is 21.2. The van der Waals surface area contributed by atoms with Crippen molar-refractivity contribution >= 4 is 55.0 Å². The van der Waals surface area contributed by atoms with Gasteiger partial charge in [-0.2, -0.15) is 0 Å². The molecule has 3 nitrogen and oxygen atoms in total. The van der Waals surface area contributed by atoms with Crippen LogP contribution in [0.1, 0.15) is 11.1 Å². The SMILES string of the molecule is O=C(Cc1cccc2ccccc12)N(Cc1ccccc1)c1nc2c(Cl)cccc2s1. The van der Waals surface area contributed by atoms with Crippen LogP contribution in [0.15, 0.2) is 91.0 Å². The minimum atomic E-state index is 0.00962. The second kappa shape index (κ2) is 8.50. The van der Waals surface area contributed by atoms with Gasteiger partial charge in [0, 0.05) is 0 Å². The van der Waals surface area contributed by atoms with Gasteiger partial charge in [-0.3, -0.25) is 9.69 Å². The van der Waals surface area contributed by atoms with E-state index in [0.29, 0.717) is 23.1 Å². The molecular formula is C26H19ClN2OS. The first-order valence-electron chi connectivity index (χ1n) is 10.0. The van der Waals surface area contributed by atoms with E-state index in [4.69, 9.17) is 16.6 Å². The van der Waals surface area contributed by atoms with E-state index >= 15 is 0 Å². The molecule has 0 spiro atoms. The van der Waals surface area contributed by atoms with Crippen molar-refractivity contribution in [3.63, 3.8) is 0 Å². The van der Waals surface area contributed by atoms with Crippen LogP contribution in [0.2, 0.25) is 5.02 Å². The van der Waals surface area contributed by atoms with Crippen molar-refractivity contribution in [2.24, 2.45) is 0 Å². The molecule has 0 aliphatic heterocycles. The average Bonchev–Trinajstić information content (AvgIpc) is 3.24. The van der Waals surface area contributed by atoms with Gasteiger partial charge < -0.3 is 0 Å². The number of benzene rings is 4. The third kappa shape index (κ3) is 4.05. The largest absolute Gasteiger partial charge is 0.283 e. The molecule has 4 aromatic carbocycles. The molecule has 0 radical (unpaired) electrons. The number of fused-ring (bicyclic) bond motifs is 2. The Morgan fingerprint density at radius 3 is 2.45 bits per heavy atom. The van der Waals surface area contributed by atoms with E-state index in [1.807, 2.05) is 72.8 Å². The summed E-state index contributed by atoms with van der Waals surface area (Å²) in [6.45, 7) is 0.460. The molecule has 1 heterocycles. The Morgan fingerprint density at radius 1 is 0.871 bits per heavy atom. The molecule has 1 amide bonds. The molecule has 0 N–H and O–H groups in total. The van der Waals surface area contributed by atoms with Gasteiger partial charge in [0.1, 0.15) is 5.52 Å². The number of hydrogen-bond donors (Lipinski definition) is 0. The summed E-state index contributed by atoms with van der Waals surface area (Å²) in [5, 5.41) is 3.50. The molecule has 31 heavy (non-hydrogen) atoms. The molecule has 0 unspecified atom stereocenters. The molecule has 5 aromatic rings. The number of aromatic nitrogens is 1. The van der Waals surface area contributed by atoms with Crippen LogP contribution in [-0.2, 0) is 17.8 Å². The van der Waals surface area contributed by atoms with Crippen LogP contribution < -0.4 is 4.90 Å². The summed E-state index contributed by atoms with van der Waals surface area (Å²) < 4.78 is 0.971. The van der Waals surface area contributed by atoms with Crippen LogP contribution in [-0.4, -0.2) is 10.9 Å². The highest BCUT2D eigenvalue weighted by atomic mass is 35.5. The third-order valence-corrected chi connectivity index (χ3v) is 6.64. The molecule has 0 aliphatic carbocycles. The lowest BCUT2D eigenvalue weighted by Gasteiger charge is -2.20. The summed E-state index contributed by atoms with van der Waals surface area (Å²) in [5.74, 6) is 0.00962. The second-order valence-corrected chi connectivity index (χ2v) is 8.78. The first kappa shape index (κ1) is 19.7. The van der Waals surface area contributed by atoms with Crippen molar-refractivity contribution < 1.29 is 4.79 Å². The van der Waals surface area contributed by atoms with Gasteiger partial charge in [0.05, 0.1) is 22.7 Å². The fraction of sp³-hybridized carbons (Fsp3) is 0.0769. The molecule has 0 saturated heterocycles. The fourth-order valence-electron chi connectivity index (χ4n) is 3.75. The first-order valence-corrected chi connectivity index (χ1v) is 11.2. The number of carbonyl (C=O) groups is 1. The summed E-state index contributed by atoms with van der Waals surface area (Å²) >= 11 is 7.84. The van der Waals surface area contributed by atoms with Crippen molar-refractivity contribution in [2.75, 3.05) is 4.90 Å². The summed E-state index contributed by atoms with van der Waals surface area (Å²) in [5.41, 5.74) is 2.81. The van der Waals surface area contributed by atoms with E-state index < -0.39 is 0 Å². The second-order valence-electron chi connectivity index (χ2n) is 7.36. The molecule has 0 atom stereocenters. The van der Waals surface area contributed by atoms with Gasteiger partial charge >= 0.3 is 0 Å². The van der Waals surface area contributed by atoms with E-state index in [9.17, 15) is 4.79 Å². The topological polar surface area (TPSA) is 33.2 Å². The lowest BCUT2D eigenvalue weighted by atomic mass is 10.0. The Balaban J connectivity index is 1.54. The smallest absolute Gasteiger partial charge is 0.233 e. The monoisotopic (exact) mass is 442 g/mol. The molecule has 5 rings (SSSR count). The van der Waals surface area contributed by atoms with E-state index in [0.717, 1.165) is 32.1 Å². The van der Waals surface area contributed by atoms with E-state index in [1.54, 1.807) is 4.90 Å². The molecule has 0 saturated carbocycles. The van der Waals surface area contributed by atoms with Crippen molar-refractivity contribution in [1.29, 1.82) is 0 Å². The van der Waals surface area contributed by atoms with Gasteiger partial charge in [-0.05, 0) is 34.0 Å². The Morgan fingerprint density at radius 2 is 1.61 bits per heavy atom. The average molecular weight is 443 g/mol. The highest BCUT2D eigenvalue weighted by Gasteiger charge is 2.22. The first-order chi connectivity index (χ1) is 15.2. The van der Waals surface area contributed by atoms with Crippen molar-refractivity contribution in [2.45, 2.75) is 13.0 Å². The van der Waals surface area contributed by atoms with Crippen LogP contribution in [0.5, 0.6) is 0 Å². The van der Waals surface area contributed by atoms with Gasteiger partial charge in [0.25, 0.3) is 0 Å². The number of carbonyl (C=O) groups excluding carboxylic acids is 1. The van der Waals surface area contributed by atoms with Gasteiger partial charge in [0.2, 0.25) is 5.91 Å². The molecular weight excluding hydrogens is 424 g/mol. The summed E-state index contributed by atoms with van der Waals surface area (Å²) in [4.78, 5) is 20.1. The Bertz CT molecular complexity index is 1380. The standard InChI is InChI=1S/C26H19ClN2OS/c27-22-14-7-15-23-25(22)28-26(31-23)29(17-18-8-2-1-3-9-18)24(30)16-20-12-6-11-19-10-4-5-13-21(19)20/h1-15H,16-17H2. The zero-order valence-corrected chi connectivity index (χ0v) is 18.2. The molecule has 5 heteroatoms. The number of thiazole rings is 1. The molecule has 152 valence electrons. The number of hydrogen-bond acceptors (Lipinski definition) is 3. The van der Waals surface area contributed by atoms with Crippen molar-refractivity contribution in [3.8, 4) is 0 Å². The fourth-order valence-corrected chi connectivity index (χ4v) is 5.03. The predicted molar refractivity (Wildman–Crippen MR) is 130 cm³/mol. The molecule has 0 bridgehead atoms. The van der Waals surface area contributed by atoms with Crippen LogP contribution in [0.25, 0.3) is 21.0 Å². The normalized spacial score (nSPS) is 11.1.